The molecule has 0 aromatic heterocycles. The predicted octanol–water partition coefficient (Wildman–Crippen LogP) is 26.8. The number of unbranched alkanes of at least 4 members (excludes halogenated alkanes) is 39. The maximum absolute atomic E-state index is 12.8. The molecule has 0 aliphatic heterocycles. The van der Waals surface area contributed by atoms with Crippen molar-refractivity contribution in [3.05, 3.63) is 134 Å². The molecule has 9 nitrogen and oxygen atoms in total. The highest BCUT2D eigenvalue weighted by Gasteiger charge is 2.26. The highest BCUT2D eigenvalue weighted by Crippen LogP contribution is 2.43. The molecule has 0 saturated carbocycles. The monoisotopic (exact) mass is 1340 g/mol. The Kier molecular flexibility index (Phi) is 75.9. The molecule has 0 fully saturated rings. The topological polar surface area (TPSA) is 134 Å². The van der Waals surface area contributed by atoms with Gasteiger partial charge in [0.05, 0.1) is 13.2 Å². The van der Waals surface area contributed by atoms with E-state index in [1.165, 1.54) is 205 Å². The molecule has 0 spiro atoms. The molecule has 3 N–H and O–H groups in total. The molecule has 2 atom stereocenters. The van der Waals surface area contributed by atoms with Crippen molar-refractivity contribution >= 4 is 19.8 Å². The van der Waals surface area contributed by atoms with E-state index < -0.39 is 26.5 Å². The van der Waals surface area contributed by atoms with Crippen LogP contribution in [0.25, 0.3) is 0 Å². The maximum atomic E-state index is 12.8. The Labute approximate surface area is 586 Å². The normalized spacial score (nSPS) is 13.6. The lowest BCUT2D eigenvalue weighted by Gasteiger charge is -2.19. The number of phosphoric acid groups is 1. The van der Waals surface area contributed by atoms with Crippen LogP contribution >= 0.6 is 7.82 Å². The second kappa shape index (κ2) is 79.1. The Bertz CT molecular complexity index is 2030. The summed E-state index contributed by atoms with van der Waals surface area (Å²) < 4.78 is 33.2. The number of carbonyl (C=O) groups is 2. The molecule has 2 unspecified atom stereocenters. The minimum absolute atomic E-state index is 0.0450. The summed E-state index contributed by atoms with van der Waals surface area (Å²) in [6.45, 7) is 3.65. The van der Waals surface area contributed by atoms with Gasteiger partial charge in [-0.3, -0.25) is 18.6 Å². The first-order chi connectivity index (χ1) is 46.8. The molecule has 0 saturated heterocycles. The van der Waals surface area contributed by atoms with Crippen LogP contribution in [-0.4, -0.2) is 49.3 Å². The largest absolute Gasteiger partial charge is 0.472 e. The van der Waals surface area contributed by atoms with Crippen LogP contribution in [0.3, 0.4) is 0 Å². The summed E-state index contributed by atoms with van der Waals surface area (Å²) in [5.41, 5.74) is 5.41. The van der Waals surface area contributed by atoms with Gasteiger partial charge in [-0.05, 0) is 96.3 Å². The Morgan fingerprint density at radius 2 is 0.579 bits per heavy atom. The van der Waals surface area contributed by atoms with Gasteiger partial charge in [0, 0.05) is 19.4 Å². The third-order valence-electron chi connectivity index (χ3n) is 17.1. The first-order valence-electron chi connectivity index (χ1n) is 39.7. The van der Waals surface area contributed by atoms with Gasteiger partial charge in [0.1, 0.15) is 6.61 Å². The fraction of sp³-hybridized carbons (Fsp3) is 0.718. The Balaban J connectivity index is 3.90. The molecule has 0 aliphatic carbocycles. The Morgan fingerprint density at radius 3 is 0.863 bits per heavy atom. The average Bonchev–Trinajstić information content (AvgIpc) is 3.16. The van der Waals surface area contributed by atoms with Gasteiger partial charge in [0.15, 0.2) is 6.10 Å². The number of allylic oxidation sites excluding steroid dienone is 22. The first kappa shape index (κ1) is 91.2. The molecule has 0 heterocycles. The van der Waals surface area contributed by atoms with Crippen LogP contribution in [0.2, 0.25) is 0 Å². The molecule has 0 rings (SSSR count). The number of phosphoric ester groups is 1. The van der Waals surface area contributed by atoms with Crippen molar-refractivity contribution < 1.29 is 37.6 Å². The van der Waals surface area contributed by atoms with Crippen molar-refractivity contribution in [1.29, 1.82) is 0 Å². The fourth-order valence-electron chi connectivity index (χ4n) is 11.2. The second-order valence-corrected chi connectivity index (χ2v) is 27.7. The van der Waals surface area contributed by atoms with Crippen LogP contribution in [0.1, 0.15) is 361 Å². The lowest BCUT2D eigenvalue weighted by molar-refractivity contribution is -0.161. The number of carbonyl (C=O) groups excluding carboxylic acids is 2. The SMILES string of the molecule is CC/C=C\C/C=C\C/C=C\C/C=C\C/C=C\C/C=C\C/C=C\C/C=C\C/C=C\C/C=C\C/C=C\CCCCCCCC(=O)OC(COC(=O)CCCCCCCCCCCCCCCCCCCCCCCCCCCCCCCCCCCCC)COP(=O)(O)OCCN. The minimum Gasteiger partial charge on any atom is -0.462 e. The third-order valence-corrected chi connectivity index (χ3v) is 18.0. The van der Waals surface area contributed by atoms with Gasteiger partial charge in [-0.15, -0.1) is 0 Å². The van der Waals surface area contributed by atoms with Gasteiger partial charge in [0.25, 0.3) is 0 Å². The lowest BCUT2D eigenvalue weighted by atomic mass is 10.0. The van der Waals surface area contributed by atoms with Gasteiger partial charge in [-0.1, -0.05) is 385 Å². The zero-order valence-electron chi connectivity index (χ0n) is 61.6. The molecule has 10 heteroatoms. The Hall–Kier alpha value is -3.85. The maximum Gasteiger partial charge on any atom is 0.472 e. The molecule has 0 aliphatic rings. The second-order valence-electron chi connectivity index (χ2n) is 26.2. The molecule has 0 aromatic carbocycles. The van der Waals surface area contributed by atoms with Gasteiger partial charge < -0.3 is 20.1 Å². The number of hydrogen-bond acceptors (Lipinski definition) is 8. The summed E-state index contributed by atoms with van der Waals surface area (Å²) in [4.78, 5) is 35.4. The van der Waals surface area contributed by atoms with E-state index in [0.29, 0.717) is 6.42 Å². The zero-order chi connectivity index (χ0) is 68.6. The fourth-order valence-corrected chi connectivity index (χ4v) is 12.0. The number of rotatable bonds is 74. The van der Waals surface area contributed by atoms with Crippen molar-refractivity contribution in [2.24, 2.45) is 5.73 Å². The molecule has 546 valence electrons. The van der Waals surface area contributed by atoms with Gasteiger partial charge in [-0.2, -0.15) is 0 Å². The minimum atomic E-state index is -4.41. The van der Waals surface area contributed by atoms with Crippen LogP contribution in [0.15, 0.2) is 134 Å². The van der Waals surface area contributed by atoms with Crippen molar-refractivity contribution in [2.75, 3.05) is 26.4 Å². The van der Waals surface area contributed by atoms with Crippen LogP contribution in [-0.2, 0) is 32.7 Å². The predicted molar refractivity (Wildman–Crippen MR) is 413 cm³/mol. The summed E-state index contributed by atoms with van der Waals surface area (Å²) in [5, 5.41) is 0. The molecule has 95 heavy (non-hydrogen) atoms. The number of hydrogen-bond donors (Lipinski definition) is 2. The van der Waals surface area contributed by atoms with Crippen LogP contribution in [0.4, 0.5) is 0 Å². The van der Waals surface area contributed by atoms with E-state index in [4.69, 9.17) is 24.3 Å². The van der Waals surface area contributed by atoms with E-state index >= 15 is 0 Å². The van der Waals surface area contributed by atoms with Crippen molar-refractivity contribution in [2.45, 2.75) is 367 Å². The summed E-state index contributed by atoms with van der Waals surface area (Å²) >= 11 is 0. The number of ether oxygens (including phenoxy) is 2. The lowest BCUT2D eigenvalue weighted by Crippen LogP contribution is -2.29. The Morgan fingerprint density at radius 1 is 0.326 bits per heavy atom. The van der Waals surface area contributed by atoms with E-state index in [9.17, 15) is 19.0 Å². The molecular formula is C85H148NO8P. The number of nitrogens with two attached hydrogens (primary N) is 1. The van der Waals surface area contributed by atoms with Crippen molar-refractivity contribution in [3.8, 4) is 0 Å². The third kappa shape index (κ3) is 79.0. The summed E-state index contributed by atoms with van der Waals surface area (Å²) in [6, 6.07) is 0. The van der Waals surface area contributed by atoms with Crippen molar-refractivity contribution in [3.63, 3.8) is 0 Å². The molecule has 0 radical (unpaired) electrons. The summed E-state index contributed by atoms with van der Waals surface area (Å²) in [6.07, 6.45) is 113. The highest BCUT2D eigenvalue weighted by molar-refractivity contribution is 7.47. The highest BCUT2D eigenvalue weighted by atomic mass is 31.2. The zero-order valence-corrected chi connectivity index (χ0v) is 62.5. The first-order valence-corrected chi connectivity index (χ1v) is 41.2. The molecule has 0 bridgehead atoms. The van der Waals surface area contributed by atoms with Gasteiger partial charge >= 0.3 is 19.8 Å². The molecule has 0 amide bonds. The van der Waals surface area contributed by atoms with E-state index in [-0.39, 0.29) is 38.6 Å². The van der Waals surface area contributed by atoms with Crippen molar-refractivity contribution in [1.82, 2.24) is 0 Å². The smallest absolute Gasteiger partial charge is 0.462 e. The van der Waals surface area contributed by atoms with Gasteiger partial charge in [-0.25, -0.2) is 4.57 Å². The number of esters is 2. The van der Waals surface area contributed by atoms with Crippen LogP contribution in [0.5, 0.6) is 0 Å². The summed E-state index contributed by atoms with van der Waals surface area (Å²) in [5.74, 6) is -0.844. The summed E-state index contributed by atoms with van der Waals surface area (Å²) in [7, 11) is -4.41. The molecule has 0 aromatic rings. The van der Waals surface area contributed by atoms with Crippen LogP contribution in [0, 0.1) is 0 Å². The quantitative estimate of drug-likeness (QED) is 0.0264. The van der Waals surface area contributed by atoms with E-state index in [2.05, 4.69) is 148 Å². The van der Waals surface area contributed by atoms with E-state index in [1.54, 1.807) is 0 Å². The standard InChI is InChI=1S/C85H148NO8P/c1-3-5-7-9-11-13-15-17-19-21-23-25-27-29-31-33-35-37-39-40-41-42-44-46-48-50-52-54-56-58-60-62-64-66-68-70-72-74-76-78-85(88)94-83(82-93-95(89,90)92-80-79-86)81-91-84(87)77-75-73-71-69-67-65-63-61-59-57-55-53-51-49-47-45-43-38-36-34-32-30-28-26-24-22-20-18-16-14-12-10-8-6-4-2/h5,7,11,13,17,19,23,25,29,31,35,37,40-41,44,46,50,52,56,58,62,64,83H,3-4,6,8-10,12,14-16,18,20-22,24,26-28,30,32-34,36,38-39,42-43,45,47-49,51,53-55,57,59-61,63,65-82,86H2,1-2H3,(H,89,90)/b7-5-,13-11-,19-17-,25-23-,31-29-,37-35-,41-40-,46-44-,52-50-,58-56-,64-62-. The van der Waals surface area contributed by atoms with Gasteiger partial charge in [0.2, 0.25) is 0 Å². The van der Waals surface area contributed by atoms with E-state index in [1.807, 2.05) is 0 Å². The molecular weight excluding hydrogens is 1190 g/mol. The van der Waals surface area contributed by atoms with Crippen LogP contribution < -0.4 is 5.73 Å². The average molecular weight is 1340 g/mol. The van der Waals surface area contributed by atoms with E-state index in [0.717, 1.165) is 122 Å².